The summed E-state index contributed by atoms with van der Waals surface area (Å²) in [4.78, 5) is 8.71. The first kappa shape index (κ1) is 12.6. The molecular formula is C17H17N3. The molecular weight excluding hydrogens is 246 g/mol. The van der Waals surface area contributed by atoms with Crippen molar-refractivity contribution < 1.29 is 0 Å². The molecule has 0 atom stereocenters. The van der Waals surface area contributed by atoms with Gasteiger partial charge in [0.1, 0.15) is 12.1 Å². The molecule has 3 nitrogen and oxygen atoms in total. The number of para-hydroxylation sites is 1. The second-order valence-electron chi connectivity index (χ2n) is 4.81. The number of benzene rings is 2. The average Bonchev–Trinajstić information content (AvgIpc) is 2.49. The number of aryl methyl sites for hydroxylation is 1. The van der Waals surface area contributed by atoms with Crippen molar-refractivity contribution >= 4 is 22.4 Å². The van der Waals surface area contributed by atoms with Crippen molar-refractivity contribution in [2.45, 2.75) is 19.8 Å². The lowest BCUT2D eigenvalue weighted by Crippen LogP contribution is -1.96. The van der Waals surface area contributed by atoms with E-state index in [2.05, 4.69) is 40.4 Å². The maximum atomic E-state index is 4.38. The number of hydrogen-bond donors (Lipinski definition) is 1. The number of rotatable bonds is 4. The van der Waals surface area contributed by atoms with Crippen LogP contribution in [0.5, 0.6) is 0 Å². The SMILES string of the molecule is CCCc1ccc2ncnc(Nc3ccccc3)c2c1. The first-order chi connectivity index (χ1) is 9.86. The van der Waals surface area contributed by atoms with Gasteiger partial charge in [-0.1, -0.05) is 37.6 Å². The summed E-state index contributed by atoms with van der Waals surface area (Å²) in [7, 11) is 0. The van der Waals surface area contributed by atoms with Crippen LogP contribution in [0.3, 0.4) is 0 Å². The first-order valence-electron chi connectivity index (χ1n) is 6.92. The van der Waals surface area contributed by atoms with E-state index in [9.17, 15) is 0 Å². The molecule has 3 heteroatoms. The van der Waals surface area contributed by atoms with Gasteiger partial charge in [0, 0.05) is 11.1 Å². The van der Waals surface area contributed by atoms with E-state index in [1.165, 1.54) is 5.56 Å². The summed E-state index contributed by atoms with van der Waals surface area (Å²) < 4.78 is 0. The summed E-state index contributed by atoms with van der Waals surface area (Å²) >= 11 is 0. The monoisotopic (exact) mass is 263 g/mol. The minimum atomic E-state index is 0.860. The Morgan fingerprint density at radius 1 is 1.00 bits per heavy atom. The number of nitrogens with zero attached hydrogens (tertiary/aromatic N) is 2. The molecule has 1 aromatic heterocycles. The fraction of sp³-hybridized carbons (Fsp3) is 0.176. The second-order valence-corrected chi connectivity index (χ2v) is 4.81. The number of hydrogen-bond acceptors (Lipinski definition) is 3. The van der Waals surface area contributed by atoms with Crippen molar-refractivity contribution in [2.24, 2.45) is 0 Å². The molecule has 3 aromatic rings. The average molecular weight is 263 g/mol. The molecule has 100 valence electrons. The summed E-state index contributed by atoms with van der Waals surface area (Å²) in [5.74, 6) is 0.860. The third-order valence-corrected chi connectivity index (χ3v) is 3.27. The van der Waals surface area contributed by atoms with E-state index < -0.39 is 0 Å². The van der Waals surface area contributed by atoms with Crippen LogP contribution in [0, 0.1) is 0 Å². The Kier molecular flexibility index (Phi) is 3.59. The van der Waals surface area contributed by atoms with Gasteiger partial charge in [-0.2, -0.15) is 0 Å². The van der Waals surface area contributed by atoms with Crippen LogP contribution in [-0.4, -0.2) is 9.97 Å². The molecule has 0 amide bonds. The molecule has 2 aromatic carbocycles. The number of aromatic nitrogens is 2. The Labute approximate surface area is 118 Å². The van der Waals surface area contributed by atoms with Crippen LogP contribution in [-0.2, 0) is 6.42 Å². The van der Waals surface area contributed by atoms with Gasteiger partial charge >= 0.3 is 0 Å². The zero-order chi connectivity index (χ0) is 13.8. The van der Waals surface area contributed by atoms with Crippen molar-refractivity contribution in [1.82, 2.24) is 9.97 Å². The predicted octanol–water partition coefficient (Wildman–Crippen LogP) is 4.33. The molecule has 0 saturated carbocycles. The van der Waals surface area contributed by atoms with Crippen LogP contribution in [0.1, 0.15) is 18.9 Å². The molecule has 0 spiro atoms. The third kappa shape index (κ3) is 2.62. The molecule has 0 aliphatic heterocycles. The van der Waals surface area contributed by atoms with Gasteiger partial charge in [-0.15, -0.1) is 0 Å². The standard InChI is InChI=1S/C17H17N3/c1-2-6-13-9-10-16-15(11-13)17(19-12-18-16)20-14-7-4-3-5-8-14/h3-5,7-12H,2,6H2,1H3,(H,18,19,20). The van der Waals surface area contributed by atoms with E-state index in [0.717, 1.165) is 35.2 Å². The Hall–Kier alpha value is -2.42. The largest absolute Gasteiger partial charge is 0.340 e. The van der Waals surface area contributed by atoms with E-state index in [-0.39, 0.29) is 0 Å². The molecule has 20 heavy (non-hydrogen) atoms. The Balaban J connectivity index is 2.03. The van der Waals surface area contributed by atoms with Crippen LogP contribution in [0.15, 0.2) is 54.9 Å². The van der Waals surface area contributed by atoms with Gasteiger partial charge in [0.15, 0.2) is 0 Å². The minimum Gasteiger partial charge on any atom is -0.340 e. The highest BCUT2D eigenvalue weighted by Crippen LogP contribution is 2.24. The lowest BCUT2D eigenvalue weighted by Gasteiger charge is -2.09. The van der Waals surface area contributed by atoms with Gasteiger partial charge in [0.2, 0.25) is 0 Å². The summed E-state index contributed by atoms with van der Waals surface area (Å²) in [6.45, 7) is 2.19. The maximum absolute atomic E-state index is 4.38. The molecule has 1 N–H and O–H groups in total. The molecule has 0 aliphatic carbocycles. The van der Waals surface area contributed by atoms with Gasteiger partial charge < -0.3 is 5.32 Å². The molecule has 0 fully saturated rings. The molecule has 0 saturated heterocycles. The highest BCUT2D eigenvalue weighted by molar-refractivity contribution is 5.91. The summed E-state index contributed by atoms with van der Waals surface area (Å²) in [5.41, 5.74) is 3.33. The fourth-order valence-corrected chi connectivity index (χ4v) is 2.31. The van der Waals surface area contributed by atoms with E-state index in [1.807, 2.05) is 30.3 Å². The van der Waals surface area contributed by atoms with Crippen LogP contribution in [0.25, 0.3) is 10.9 Å². The number of fused-ring (bicyclic) bond motifs is 1. The van der Waals surface area contributed by atoms with Crippen molar-refractivity contribution in [1.29, 1.82) is 0 Å². The predicted molar refractivity (Wildman–Crippen MR) is 83.3 cm³/mol. The molecule has 0 unspecified atom stereocenters. The van der Waals surface area contributed by atoms with Crippen LogP contribution < -0.4 is 5.32 Å². The third-order valence-electron chi connectivity index (χ3n) is 3.27. The Bertz CT molecular complexity index is 708. The summed E-state index contributed by atoms with van der Waals surface area (Å²) in [6, 6.07) is 16.5. The van der Waals surface area contributed by atoms with Gasteiger partial charge in [-0.3, -0.25) is 0 Å². The zero-order valence-electron chi connectivity index (χ0n) is 11.5. The molecule has 0 aliphatic rings. The smallest absolute Gasteiger partial charge is 0.141 e. The Morgan fingerprint density at radius 2 is 1.85 bits per heavy atom. The number of anilines is 2. The van der Waals surface area contributed by atoms with Gasteiger partial charge in [-0.05, 0) is 36.2 Å². The lowest BCUT2D eigenvalue weighted by atomic mass is 10.1. The highest BCUT2D eigenvalue weighted by Gasteiger charge is 2.05. The molecule has 0 radical (unpaired) electrons. The van der Waals surface area contributed by atoms with Gasteiger partial charge in [0.05, 0.1) is 5.52 Å². The van der Waals surface area contributed by atoms with Gasteiger partial charge in [0.25, 0.3) is 0 Å². The maximum Gasteiger partial charge on any atom is 0.141 e. The van der Waals surface area contributed by atoms with Crippen molar-refractivity contribution in [2.75, 3.05) is 5.32 Å². The normalized spacial score (nSPS) is 10.7. The quantitative estimate of drug-likeness (QED) is 0.761. The van der Waals surface area contributed by atoms with E-state index in [1.54, 1.807) is 6.33 Å². The summed E-state index contributed by atoms with van der Waals surface area (Å²) in [6.07, 6.45) is 3.82. The van der Waals surface area contributed by atoms with Crippen molar-refractivity contribution in [3.05, 3.63) is 60.4 Å². The summed E-state index contributed by atoms with van der Waals surface area (Å²) in [5, 5.41) is 4.44. The first-order valence-corrected chi connectivity index (χ1v) is 6.92. The second kappa shape index (κ2) is 5.70. The van der Waals surface area contributed by atoms with Crippen molar-refractivity contribution in [3.8, 4) is 0 Å². The molecule has 3 rings (SSSR count). The molecule has 1 heterocycles. The highest BCUT2D eigenvalue weighted by atomic mass is 15.0. The van der Waals surface area contributed by atoms with E-state index >= 15 is 0 Å². The lowest BCUT2D eigenvalue weighted by molar-refractivity contribution is 0.923. The fourth-order valence-electron chi connectivity index (χ4n) is 2.31. The van der Waals surface area contributed by atoms with E-state index in [0.29, 0.717) is 0 Å². The minimum absolute atomic E-state index is 0.860. The van der Waals surface area contributed by atoms with Crippen LogP contribution >= 0.6 is 0 Å². The topological polar surface area (TPSA) is 37.8 Å². The van der Waals surface area contributed by atoms with Crippen molar-refractivity contribution in [3.63, 3.8) is 0 Å². The van der Waals surface area contributed by atoms with Gasteiger partial charge in [-0.25, -0.2) is 9.97 Å². The molecule has 0 bridgehead atoms. The Morgan fingerprint density at radius 3 is 2.65 bits per heavy atom. The number of nitrogens with one attached hydrogen (secondary N) is 1. The van der Waals surface area contributed by atoms with Crippen LogP contribution in [0.2, 0.25) is 0 Å². The van der Waals surface area contributed by atoms with E-state index in [4.69, 9.17) is 0 Å². The zero-order valence-corrected chi connectivity index (χ0v) is 11.5. The van der Waals surface area contributed by atoms with Crippen LogP contribution in [0.4, 0.5) is 11.5 Å².